The number of nitrogens with one attached hydrogen (secondary N) is 1. The number of carbonyl (C=O) groups is 1. The Labute approximate surface area is 192 Å². The molecule has 2 heterocycles. The SMILES string of the molecule is CCOc1cc(/C=C2\C(=N)N3OC(C)=CC3=NC2=O)ccc1OCCOc1ccc(C)cc1. The number of rotatable bonds is 8. The Hall–Kier alpha value is -4.07. The minimum Gasteiger partial charge on any atom is -0.490 e. The lowest BCUT2D eigenvalue weighted by Crippen LogP contribution is -2.38. The molecule has 33 heavy (non-hydrogen) atoms. The van der Waals surface area contributed by atoms with Gasteiger partial charge in [-0.25, -0.2) is 0 Å². The molecule has 2 aromatic carbocycles. The molecule has 0 unspecified atom stereocenters. The van der Waals surface area contributed by atoms with Crippen LogP contribution in [0, 0.1) is 12.3 Å². The van der Waals surface area contributed by atoms with E-state index in [2.05, 4.69) is 4.99 Å². The molecule has 8 nitrogen and oxygen atoms in total. The van der Waals surface area contributed by atoms with Crippen LogP contribution in [0.5, 0.6) is 17.2 Å². The van der Waals surface area contributed by atoms with Crippen LogP contribution in [0.25, 0.3) is 6.08 Å². The van der Waals surface area contributed by atoms with Crippen LogP contribution in [0.2, 0.25) is 0 Å². The second kappa shape index (κ2) is 9.60. The number of hydroxylamine groups is 2. The van der Waals surface area contributed by atoms with Gasteiger partial charge < -0.3 is 19.0 Å². The lowest BCUT2D eigenvalue weighted by atomic mass is 10.1. The van der Waals surface area contributed by atoms with Gasteiger partial charge in [-0.15, -0.1) is 5.06 Å². The molecule has 1 N–H and O–H groups in total. The fourth-order valence-electron chi connectivity index (χ4n) is 3.31. The summed E-state index contributed by atoms with van der Waals surface area (Å²) in [5, 5.41) is 9.58. The topological polar surface area (TPSA) is 93.4 Å². The van der Waals surface area contributed by atoms with Gasteiger partial charge >= 0.3 is 0 Å². The first-order valence-corrected chi connectivity index (χ1v) is 10.6. The summed E-state index contributed by atoms with van der Waals surface area (Å²) >= 11 is 0. The van der Waals surface area contributed by atoms with Gasteiger partial charge in [0.1, 0.15) is 24.7 Å². The van der Waals surface area contributed by atoms with Crippen molar-refractivity contribution in [1.29, 1.82) is 5.41 Å². The highest BCUT2D eigenvalue weighted by atomic mass is 16.7. The molecule has 0 fully saturated rings. The maximum absolute atomic E-state index is 12.5. The number of allylic oxidation sites excluding steroid dienone is 1. The van der Waals surface area contributed by atoms with Crippen LogP contribution in [0.15, 0.2) is 64.9 Å². The second-order valence-electron chi connectivity index (χ2n) is 7.47. The number of hydrogen-bond acceptors (Lipinski definition) is 6. The summed E-state index contributed by atoms with van der Waals surface area (Å²) in [7, 11) is 0. The van der Waals surface area contributed by atoms with Crippen molar-refractivity contribution in [2.75, 3.05) is 19.8 Å². The van der Waals surface area contributed by atoms with Crippen molar-refractivity contribution >= 4 is 23.7 Å². The average Bonchev–Trinajstić information content (AvgIpc) is 3.17. The molecule has 0 aliphatic carbocycles. The van der Waals surface area contributed by atoms with Crippen molar-refractivity contribution in [2.45, 2.75) is 20.8 Å². The lowest BCUT2D eigenvalue weighted by molar-refractivity contribution is -0.114. The van der Waals surface area contributed by atoms with Gasteiger partial charge in [0.05, 0.1) is 12.2 Å². The maximum Gasteiger partial charge on any atom is 0.282 e. The first kappa shape index (κ1) is 22.1. The predicted octanol–water partition coefficient (Wildman–Crippen LogP) is 4.30. The monoisotopic (exact) mass is 447 g/mol. The molecule has 0 aromatic heterocycles. The van der Waals surface area contributed by atoms with Crippen molar-refractivity contribution in [1.82, 2.24) is 5.06 Å². The number of hydrogen-bond donors (Lipinski definition) is 1. The number of amidine groups is 2. The smallest absolute Gasteiger partial charge is 0.282 e. The van der Waals surface area contributed by atoms with Gasteiger partial charge in [0.2, 0.25) is 0 Å². The zero-order valence-corrected chi connectivity index (χ0v) is 18.8. The summed E-state index contributed by atoms with van der Waals surface area (Å²) in [6, 6.07) is 13.2. The Bertz CT molecular complexity index is 1170. The molecule has 0 saturated heterocycles. The minimum atomic E-state index is -0.493. The van der Waals surface area contributed by atoms with E-state index in [1.54, 1.807) is 37.3 Å². The van der Waals surface area contributed by atoms with Gasteiger partial charge in [-0.2, -0.15) is 4.99 Å². The van der Waals surface area contributed by atoms with Crippen LogP contribution in [-0.4, -0.2) is 42.5 Å². The molecule has 2 aliphatic rings. The van der Waals surface area contributed by atoms with E-state index in [1.165, 1.54) is 10.6 Å². The Kier molecular flexibility index (Phi) is 6.44. The molecule has 4 rings (SSSR count). The third-order valence-electron chi connectivity index (χ3n) is 4.89. The molecule has 0 radical (unpaired) electrons. The maximum atomic E-state index is 12.5. The third-order valence-corrected chi connectivity index (χ3v) is 4.89. The zero-order valence-electron chi connectivity index (χ0n) is 18.8. The molecular weight excluding hydrogens is 422 g/mol. The fourth-order valence-corrected chi connectivity index (χ4v) is 3.31. The fraction of sp³-hybridized carbons (Fsp3) is 0.240. The van der Waals surface area contributed by atoms with E-state index < -0.39 is 5.91 Å². The molecule has 2 aliphatic heterocycles. The minimum absolute atomic E-state index is 0.0651. The predicted molar refractivity (Wildman–Crippen MR) is 125 cm³/mol. The molecule has 0 spiro atoms. The van der Waals surface area contributed by atoms with E-state index in [4.69, 9.17) is 24.5 Å². The Balaban J connectivity index is 1.45. The Morgan fingerprint density at radius 3 is 2.55 bits per heavy atom. The first-order chi connectivity index (χ1) is 15.9. The largest absolute Gasteiger partial charge is 0.490 e. The van der Waals surface area contributed by atoms with Gasteiger partial charge in [0.25, 0.3) is 5.91 Å². The number of aryl methyl sites for hydroxylation is 1. The molecule has 0 bridgehead atoms. The van der Waals surface area contributed by atoms with Gasteiger partial charge in [0.15, 0.2) is 23.2 Å². The first-order valence-electron chi connectivity index (χ1n) is 10.6. The van der Waals surface area contributed by atoms with Gasteiger partial charge in [0, 0.05) is 6.08 Å². The van der Waals surface area contributed by atoms with Gasteiger partial charge in [-0.05, 0) is 56.7 Å². The summed E-state index contributed by atoms with van der Waals surface area (Å²) < 4.78 is 17.3. The molecule has 0 atom stereocenters. The van der Waals surface area contributed by atoms with E-state index in [0.29, 0.717) is 48.5 Å². The van der Waals surface area contributed by atoms with E-state index in [1.807, 2.05) is 38.1 Å². The van der Waals surface area contributed by atoms with Crippen molar-refractivity contribution in [3.63, 3.8) is 0 Å². The van der Waals surface area contributed by atoms with E-state index in [0.717, 1.165) is 5.75 Å². The van der Waals surface area contributed by atoms with Crippen LogP contribution in [0.1, 0.15) is 25.0 Å². The zero-order chi connectivity index (χ0) is 23.4. The van der Waals surface area contributed by atoms with Crippen molar-refractivity contribution < 1.29 is 23.8 Å². The number of benzene rings is 2. The third kappa shape index (κ3) is 5.06. The highest BCUT2D eigenvalue weighted by Gasteiger charge is 2.34. The number of nitrogens with zero attached hydrogens (tertiary/aromatic N) is 2. The molecular formula is C25H25N3O5. The second-order valence-corrected chi connectivity index (χ2v) is 7.47. The van der Waals surface area contributed by atoms with E-state index in [-0.39, 0.29) is 11.4 Å². The molecule has 2 aromatic rings. The van der Waals surface area contributed by atoms with Crippen molar-refractivity contribution in [3.8, 4) is 17.2 Å². The normalized spacial score (nSPS) is 16.2. The Morgan fingerprint density at radius 1 is 1.03 bits per heavy atom. The number of carbonyl (C=O) groups excluding carboxylic acids is 1. The quantitative estimate of drug-likeness (QED) is 0.479. The summed E-state index contributed by atoms with van der Waals surface area (Å²) in [6.45, 7) is 6.82. The summed E-state index contributed by atoms with van der Waals surface area (Å²) in [6.07, 6.45) is 3.21. The Morgan fingerprint density at radius 2 is 1.79 bits per heavy atom. The van der Waals surface area contributed by atoms with Crippen molar-refractivity contribution in [2.24, 2.45) is 4.99 Å². The van der Waals surface area contributed by atoms with Crippen LogP contribution >= 0.6 is 0 Å². The number of aliphatic imine (C=N–C) groups is 1. The van der Waals surface area contributed by atoms with E-state index in [9.17, 15) is 4.79 Å². The van der Waals surface area contributed by atoms with Crippen LogP contribution in [0.4, 0.5) is 0 Å². The summed E-state index contributed by atoms with van der Waals surface area (Å²) in [4.78, 5) is 21.9. The van der Waals surface area contributed by atoms with Gasteiger partial charge in [-0.3, -0.25) is 10.2 Å². The number of ether oxygens (including phenoxy) is 3. The standard InChI is InChI=1S/C25H25N3O5/c1-4-30-22-15-18(14-20-24(26)28-23(27-25(20)29)13-17(3)33-28)7-10-21(22)32-12-11-31-19-8-5-16(2)6-9-19/h5-10,13-15,26H,4,11-12H2,1-3H3/b20-14+,26-24?. The molecule has 8 heteroatoms. The summed E-state index contributed by atoms with van der Waals surface area (Å²) in [5.74, 6) is 2.21. The van der Waals surface area contributed by atoms with Crippen molar-refractivity contribution in [3.05, 3.63) is 71.0 Å². The molecule has 1 amide bonds. The number of fused-ring (bicyclic) bond motifs is 1. The lowest BCUT2D eigenvalue weighted by Gasteiger charge is -2.23. The van der Waals surface area contributed by atoms with Crippen LogP contribution in [0.3, 0.4) is 0 Å². The highest BCUT2D eigenvalue weighted by molar-refractivity contribution is 6.32. The molecule has 0 saturated carbocycles. The van der Waals surface area contributed by atoms with Gasteiger partial charge in [-0.1, -0.05) is 23.8 Å². The molecule has 170 valence electrons. The van der Waals surface area contributed by atoms with E-state index >= 15 is 0 Å². The number of amides is 1. The van der Waals surface area contributed by atoms with Crippen LogP contribution < -0.4 is 14.2 Å². The summed E-state index contributed by atoms with van der Waals surface area (Å²) in [5.41, 5.74) is 1.98. The van der Waals surface area contributed by atoms with Crippen LogP contribution in [-0.2, 0) is 9.63 Å². The highest BCUT2D eigenvalue weighted by Crippen LogP contribution is 2.30. The average molecular weight is 447 g/mol.